The Labute approximate surface area is 179 Å². The number of aromatic nitrogens is 4. The molecule has 0 spiro atoms. The normalized spacial score (nSPS) is 16.8. The van der Waals surface area contributed by atoms with Crippen molar-refractivity contribution in [2.45, 2.75) is 13.0 Å². The van der Waals surface area contributed by atoms with Crippen LogP contribution in [-0.2, 0) is 0 Å². The summed E-state index contributed by atoms with van der Waals surface area (Å²) in [6.45, 7) is 4.84. The van der Waals surface area contributed by atoms with Crippen molar-refractivity contribution >= 4 is 17.4 Å². The Kier molecular flexibility index (Phi) is 5.27. The maximum atomic E-state index is 11.4. The summed E-state index contributed by atoms with van der Waals surface area (Å²) in [5.41, 5.74) is 14.3. The summed E-state index contributed by atoms with van der Waals surface area (Å²) in [6, 6.07) is 8.38. The maximum Gasteiger partial charge on any atom is 0.251 e. The van der Waals surface area contributed by atoms with Gasteiger partial charge in [-0.3, -0.25) is 4.79 Å². The molecule has 158 valence electrons. The minimum Gasteiger partial charge on any atom is -0.381 e. The van der Waals surface area contributed by atoms with E-state index < -0.39 is 5.91 Å². The zero-order valence-corrected chi connectivity index (χ0v) is 17.4. The van der Waals surface area contributed by atoms with Crippen molar-refractivity contribution < 1.29 is 4.79 Å². The smallest absolute Gasteiger partial charge is 0.251 e. The van der Waals surface area contributed by atoms with E-state index in [9.17, 15) is 10.1 Å². The zero-order chi connectivity index (χ0) is 22.1. The zero-order valence-electron chi connectivity index (χ0n) is 17.4. The SMILES string of the molecule is C[C@H]1CN(c2ccc(-c3cnc(N)c(-n4cc(C(N)=O)cn4)n3)cc2C#N)CCN1C. The van der Waals surface area contributed by atoms with E-state index in [0.717, 1.165) is 30.9 Å². The number of nitrogen functional groups attached to an aromatic ring is 1. The highest BCUT2D eigenvalue weighted by molar-refractivity contribution is 5.92. The van der Waals surface area contributed by atoms with Crippen molar-refractivity contribution in [3.63, 3.8) is 0 Å². The molecule has 2 aromatic heterocycles. The minimum atomic E-state index is -0.596. The van der Waals surface area contributed by atoms with Gasteiger partial charge in [0.25, 0.3) is 5.91 Å². The lowest BCUT2D eigenvalue weighted by molar-refractivity contribution is 0.100. The third kappa shape index (κ3) is 3.91. The Hall–Kier alpha value is -3.97. The van der Waals surface area contributed by atoms with Gasteiger partial charge in [-0.1, -0.05) is 6.07 Å². The molecule has 31 heavy (non-hydrogen) atoms. The standard InChI is InChI=1S/C21H23N9O/c1-13-11-29(6-5-28(13)2)18-4-3-14(7-15(18)8-22)17-10-25-19(23)21(27-17)30-12-16(9-26-30)20(24)31/h3-4,7,9-10,12-13H,5-6,11H2,1-2H3,(H2,23,25)(H2,24,31)/t13-/m0/s1. The Morgan fingerprint density at radius 1 is 1.29 bits per heavy atom. The lowest BCUT2D eigenvalue weighted by atomic mass is 10.0. The number of piperazine rings is 1. The average Bonchev–Trinajstić information content (AvgIpc) is 3.26. The largest absolute Gasteiger partial charge is 0.381 e. The predicted octanol–water partition coefficient (Wildman–Crippen LogP) is 1.02. The summed E-state index contributed by atoms with van der Waals surface area (Å²) >= 11 is 0. The lowest BCUT2D eigenvalue weighted by Gasteiger charge is -2.39. The van der Waals surface area contributed by atoms with E-state index in [1.54, 1.807) is 12.3 Å². The number of primary amides is 1. The minimum absolute atomic E-state index is 0.159. The summed E-state index contributed by atoms with van der Waals surface area (Å²) in [5, 5.41) is 13.9. The van der Waals surface area contributed by atoms with Crippen LogP contribution in [0.4, 0.5) is 11.5 Å². The number of carbonyl (C=O) groups is 1. The number of carbonyl (C=O) groups excluding carboxylic acids is 1. The molecule has 0 radical (unpaired) electrons. The third-order valence-corrected chi connectivity index (χ3v) is 5.58. The second-order valence-electron chi connectivity index (χ2n) is 7.62. The van der Waals surface area contributed by atoms with Gasteiger partial charge in [0.1, 0.15) is 6.07 Å². The van der Waals surface area contributed by atoms with Crippen LogP contribution >= 0.6 is 0 Å². The highest BCUT2D eigenvalue weighted by Gasteiger charge is 2.23. The molecule has 1 aliphatic rings. The number of likely N-dealkylation sites (N-methyl/N-ethyl adjacent to an activating group) is 1. The second kappa shape index (κ2) is 8.04. The number of rotatable bonds is 4. The maximum absolute atomic E-state index is 11.4. The van der Waals surface area contributed by atoms with E-state index in [1.807, 2.05) is 12.1 Å². The van der Waals surface area contributed by atoms with Gasteiger partial charge in [-0.25, -0.2) is 14.6 Å². The summed E-state index contributed by atoms with van der Waals surface area (Å²) in [6.07, 6.45) is 4.34. The van der Waals surface area contributed by atoms with E-state index >= 15 is 0 Å². The number of hydrogen-bond acceptors (Lipinski definition) is 8. The van der Waals surface area contributed by atoms with E-state index in [2.05, 4.69) is 44.9 Å². The predicted molar refractivity (Wildman–Crippen MR) is 117 cm³/mol. The molecule has 1 saturated heterocycles. The summed E-state index contributed by atoms with van der Waals surface area (Å²) < 4.78 is 1.36. The van der Waals surface area contributed by atoms with Crippen LogP contribution in [0.2, 0.25) is 0 Å². The van der Waals surface area contributed by atoms with Crippen LogP contribution in [0.3, 0.4) is 0 Å². The van der Waals surface area contributed by atoms with Gasteiger partial charge < -0.3 is 21.3 Å². The van der Waals surface area contributed by atoms with Crippen LogP contribution < -0.4 is 16.4 Å². The van der Waals surface area contributed by atoms with Crippen LogP contribution in [0.15, 0.2) is 36.8 Å². The van der Waals surface area contributed by atoms with Crippen LogP contribution in [0, 0.1) is 11.3 Å². The fourth-order valence-electron chi connectivity index (χ4n) is 3.59. The Balaban J connectivity index is 1.68. The monoisotopic (exact) mass is 417 g/mol. The quantitative estimate of drug-likeness (QED) is 0.640. The molecule has 1 atom stereocenters. The first-order chi connectivity index (χ1) is 14.9. The molecule has 1 aliphatic heterocycles. The number of nitriles is 1. The number of benzene rings is 1. The third-order valence-electron chi connectivity index (χ3n) is 5.58. The highest BCUT2D eigenvalue weighted by atomic mass is 16.1. The molecular formula is C21H23N9O. The van der Waals surface area contributed by atoms with Crippen molar-refractivity contribution in [2.24, 2.45) is 5.73 Å². The van der Waals surface area contributed by atoms with Crippen molar-refractivity contribution in [1.29, 1.82) is 5.26 Å². The molecule has 0 saturated carbocycles. The Bertz CT molecular complexity index is 1180. The molecule has 1 amide bonds. The van der Waals surface area contributed by atoms with Gasteiger partial charge in [0.05, 0.1) is 34.9 Å². The first-order valence-corrected chi connectivity index (χ1v) is 9.84. The van der Waals surface area contributed by atoms with Gasteiger partial charge in [0.15, 0.2) is 11.6 Å². The molecule has 0 aliphatic carbocycles. The summed E-state index contributed by atoms with van der Waals surface area (Å²) in [4.78, 5) is 24.7. The van der Waals surface area contributed by atoms with Crippen LogP contribution in [0.25, 0.3) is 17.1 Å². The van der Waals surface area contributed by atoms with Crippen molar-refractivity contribution in [3.8, 4) is 23.1 Å². The highest BCUT2D eigenvalue weighted by Crippen LogP contribution is 2.28. The van der Waals surface area contributed by atoms with Gasteiger partial charge >= 0.3 is 0 Å². The fourth-order valence-corrected chi connectivity index (χ4v) is 3.59. The van der Waals surface area contributed by atoms with E-state index in [4.69, 9.17) is 11.5 Å². The second-order valence-corrected chi connectivity index (χ2v) is 7.62. The summed E-state index contributed by atoms with van der Waals surface area (Å²) in [7, 11) is 2.11. The van der Waals surface area contributed by atoms with E-state index in [0.29, 0.717) is 17.3 Å². The molecule has 4 N–H and O–H groups in total. The lowest BCUT2D eigenvalue weighted by Crippen LogP contribution is -2.50. The van der Waals surface area contributed by atoms with Crippen molar-refractivity contribution in [1.82, 2.24) is 24.6 Å². The van der Waals surface area contributed by atoms with Gasteiger partial charge in [0, 0.05) is 37.4 Å². The van der Waals surface area contributed by atoms with Gasteiger partial charge in [0.2, 0.25) is 0 Å². The molecule has 3 aromatic rings. The Morgan fingerprint density at radius 3 is 2.77 bits per heavy atom. The molecule has 1 fully saturated rings. The first-order valence-electron chi connectivity index (χ1n) is 9.84. The summed E-state index contributed by atoms with van der Waals surface area (Å²) in [5.74, 6) is -0.159. The van der Waals surface area contributed by atoms with Crippen LogP contribution in [0.5, 0.6) is 0 Å². The topological polar surface area (TPSA) is 143 Å². The number of anilines is 2. The molecule has 0 unspecified atom stereocenters. The van der Waals surface area contributed by atoms with Crippen molar-refractivity contribution in [2.75, 3.05) is 37.3 Å². The number of hydrogen-bond donors (Lipinski definition) is 2. The first kappa shape index (κ1) is 20.3. The number of amides is 1. The van der Waals surface area contributed by atoms with Gasteiger partial charge in [-0.05, 0) is 26.1 Å². The van der Waals surface area contributed by atoms with Gasteiger partial charge in [-0.2, -0.15) is 10.4 Å². The molecule has 0 bridgehead atoms. The van der Waals surface area contributed by atoms with Crippen molar-refractivity contribution in [3.05, 3.63) is 47.9 Å². The molecular weight excluding hydrogens is 394 g/mol. The molecule has 10 heteroatoms. The van der Waals surface area contributed by atoms with E-state index in [1.165, 1.54) is 17.1 Å². The molecule has 1 aromatic carbocycles. The van der Waals surface area contributed by atoms with Crippen LogP contribution in [-0.4, -0.2) is 63.3 Å². The van der Waals surface area contributed by atoms with Crippen LogP contribution in [0.1, 0.15) is 22.8 Å². The number of nitrogens with zero attached hydrogens (tertiary/aromatic N) is 7. The molecule has 3 heterocycles. The Morgan fingerprint density at radius 2 is 2.10 bits per heavy atom. The molecule has 10 nitrogen and oxygen atoms in total. The molecule has 4 rings (SSSR count). The average molecular weight is 417 g/mol. The van der Waals surface area contributed by atoms with Gasteiger partial charge in [-0.15, -0.1) is 0 Å². The number of nitrogens with two attached hydrogens (primary N) is 2. The fraction of sp³-hybridized carbons (Fsp3) is 0.286. The van der Waals surface area contributed by atoms with E-state index in [-0.39, 0.29) is 17.2 Å².